The molecular weight excluding hydrogens is 182 g/mol. The molecule has 0 aliphatic heterocycles. The summed E-state index contributed by atoms with van der Waals surface area (Å²) in [7, 11) is 5.08. The standard InChI is InChI=1S/C9H15N3O2/c1-10-5-4-7(13)9-8(14-3)6-11-12(9)2/h6,10H,4-5H2,1-3H3. The lowest BCUT2D eigenvalue weighted by atomic mass is 10.2. The maximum atomic E-state index is 11.7. The van der Waals surface area contributed by atoms with Crippen LogP contribution >= 0.6 is 0 Å². The van der Waals surface area contributed by atoms with Gasteiger partial charge in [-0.15, -0.1) is 0 Å². The monoisotopic (exact) mass is 197 g/mol. The molecule has 0 saturated heterocycles. The van der Waals surface area contributed by atoms with Crippen molar-refractivity contribution in [3.05, 3.63) is 11.9 Å². The molecule has 0 saturated carbocycles. The predicted octanol–water partition coefficient (Wildman–Crippen LogP) is 0.221. The summed E-state index contributed by atoms with van der Waals surface area (Å²) >= 11 is 0. The van der Waals surface area contributed by atoms with Crippen molar-refractivity contribution < 1.29 is 9.53 Å². The number of nitrogens with one attached hydrogen (secondary N) is 1. The Labute approximate surface area is 83.1 Å². The highest BCUT2D eigenvalue weighted by Gasteiger charge is 2.16. The van der Waals surface area contributed by atoms with Crippen molar-refractivity contribution in [2.75, 3.05) is 20.7 Å². The molecule has 0 unspecified atom stereocenters. The van der Waals surface area contributed by atoms with Crippen LogP contribution in [0, 0.1) is 0 Å². The minimum absolute atomic E-state index is 0.0381. The fraction of sp³-hybridized carbons (Fsp3) is 0.556. The van der Waals surface area contributed by atoms with Crippen LogP contribution in [0.5, 0.6) is 5.75 Å². The van der Waals surface area contributed by atoms with Crippen LogP contribution in [0.15, 0.2) is 6.20 Å². The smallest absolute Gasteiger partial charge is 0.185 e. The molecule has 0 aromatic carbocycles. The van der Waals surface area contributed by atoms with E-state index in [4.69, 9.17) is 4.74 Å². The SMILES string of the molecule is CNCCC(=O)c1c(OC)cnn1C. The zero-order valence-corrected chi connectivity index (χ0v) is 8.70. The van der Waals surface area contributed by atoms with Crippen molar-refractivity contribution >= 4 is 5.78 Å². The van der Waals surface area contributed by atoms with Crippen LogP contribution in [0.1, 0.15) is 16.9 Å². The highest BCUT2D eigenvalue weighted by Crippen LogP contribution is 2.17. The van der Waals surface area contributed by atoms with Crippen molar-refractivity contribution in [3.63, 3.8) is 0 Å². The molecule has 1 heterocycles. The third-order valence-corrected chi connectivity index (χ3v) is 1.99. The summed E-state index contributed by atoms with van der Waals surface area (Å²) in [5.74, 6) is 0.574. The minimum atomic E-state index is 0.0381. The zero-order valence-electron chi connectivity index (χ0n) is 8.70. The zero-order chi connectivity index (χ0) is 10.6. The average Bonchev–Trinajstić information content (AvgIpc) is 2.56. The first-order chi connectivity index (χ1) is 6.70. The average molecular weight is 197 g/mol. The summed E-state index contributed by atoms with van der Waals surface area (Å²) in [5, 5.41) is 6.89. The predicted molar refractivity (Wildman–Crippen MR) is 52.6 cm³/mol. The topological polar surface area (TPSA) is 56.1 Å². The normalized spacial score (nSPS) is 10.2. The first-order valence-electron chi connectivity index (χ1n) is 4.44. The van der Waals surface area contributed by atoms with Gasteiger partial charge >= 0.3 is 0 Å². The summed E-state index contributed by atoms with van der Waals surface area (Å²) in [4.78, 5) is 11.7. The van der Waals surface area contributed by atoms with E-state index in [1.54, 1.807) is 13.2 Å². The van der Waals surface area contributed by atoms with E-state index < -0.39 is 0 Å². The highest BCUT2D eigenvalue weighted by atomic mass is 16.5. The van der Waals surface area contributed by atoms with Gasteiger partial charge in [0.25, 0.3) is 0 Å². The molecule has 0 radical (unpaired) electrons. The third kappa shape index (κ3) is 2.11. The second kappa shape index (κ2) is 4.76. The lowest BCUT2D eigenvalue weighted by Gasteiger charge is -2.03. The summed E-state index contributed by atoms with van der Waals surface area (Å²) < 4.78 is 6.58. The molecule has 0 aliphatic carbocycles. The Hall–Kier alpha value is -1.36. The molecule has 1 aromatic heterocycles. The number of nitrogens with zero attached hydrogens (tertiary/aromatic N) is 2. The number of carbonyl (C=O) groups is 1. The van der Waals surface area contributed by atoms with Crippen LogP contribution < -0.4 is 10.1 Å². The molecule has 5 heteroatoms. The number of rotatable bonds is 5. The first-order valence-corrected chi connectivity index (χ1v) is 4.44. The Kier molecular flexibility index (Phi) is 3.64. The van der Waals surface area contributed by atoms with Gasteiger partial charge in [-0.2, -0.15) is 5.10 Å². The molecule has 1 aromatic rings. The Morgan fingerprint density at radius 3 is 3.00 bits per heavy atom. The quantitative estimate of drug-likeness (QED) is 0.686. The Bertz CT molecular complexity index is 320. The summed E-state index contributed by atoms with van der Waals surface area (Å²) in [6, 6.07) is 0. The van der Waals surface area contributed by atoms with E-state index in [1.165, 1.54) is 11.8 Å². The second-order valence-electron chi connectivity index (χ2n) is 2.96. The maximum absolute atomic E-state index is 11.7. The van der Waals surface area contributed by atoms with Crippen LogP contribution in [0.25, 0.3) is 0 Å². The molecule has 0 bridgehead atoms. The van der Waals surface area contributed by atoms with E-state index in [9.17, 15) is 4.79 Å². The van der Waals surface area contributed by atoms with E-state index in [0.717, 1.165) is 0 Å². The van der Waals surface area contributed by atoms with Crippen molar-refractivity contribution in [1.29, 1.82) is 0 Å². The molecule has 1 N–H and O–H groups in total. The molecule has 1 rings (SSSR count). The number of hydrogen-bond acceptors (Lipinski definition) is 4. The van der Waals surface area contributed by atoms with Crippen LogP contribution in [-0.2, 0) is 7.05 Å². The molecule has 0 amide bonds. The lowest BCUT2D eigenvalue weighted by molar-refractivity contribution is 0.0971. The van der Waals surface area contributed by atoms with E-state index >= 15 is 0 Å². The fourth-order valence-electron chi connectivity index (χ4n) is 1.24. The highest BCUT2D eigenvalue weighted by molar-refractivity contribution is 5.97. The van der Waals surface area contributed by atoms with Crippen LogP contribution in [0.4, 0.5) is 0 Å². The molecule has 0 spiro atoms. The summed E-state index contributed by atoms with van der Waals surface area (Å²) in [5.41, 5.74) is 0.530. The number of ether oxygens (including phenoxy) is 1. The van der Waals surface area contributed by atoms with E-state index in [2.05, 4.69) is 10.4 Å². The lowest BCUT2D eigenvalue weighted by Crippen LogP contribution is -2.15. The van der Waals surface area contributed by atoms with Gasteiger partial charge in [0.15, 0.2) is 11.5 Å². The van der Waals surface area contributed by atoms with Crippen molar-refractivity contribution in [1.82, 2.24) is 15.1 Å². The number of carbonyl (C=O) groups excluding carboxylic acids is 1. The Morgan fingerprint density at radius 2 is 2.43 bits per heavy atom. The third-order valence-electron chi connectivity index (χ3n) is 1.99. The second-order valence-corrected chi connectivity index (χ2v) is 2.96. The molecule has 0 fully saturated rings. The number of aromatic nitrogens is 2. The van der Waals surface area contributed by atoms with E-state index in [0.29, 0.717) is 24.4 Å². The number of hydrogen-bond donors (Lipinski definition) is 1. The molecule has 78 valence electrons. The molecule has 0 aliphatic rings. The van der Waals surface area contributed by atoms with Crippen molar-refractivity contribution in [2.24, 2.45) is 7.05 Å². The minimum Gasteiger partial charge on any atom is -0.493 e. The van der Waals surface area contributed by atoms with E-state index in [-0.39, 0.29) is 5.78 Å². The van der Waals surface area contributed by atoms with Gasteiger partial charge in [-0.1, -0.05) is 0 Å². The Balaban J connectivity index is 2.82. The van der Waals surface area contributed by atoms with Gasteiger partial charge in [-0.25, -0.2) is 0 Å². The molecule has 5 nitrogen and oxygen atoms in total. The van der Waals surface area contributed by atoms with Crippen LogP contribution in [0.3, 0.4) is 0 Å². The van der Waals surface area contributed by atoms with Crippen molar-refractivity contribution in [3.8, 4) is 5.75 Å². The van der Waals surface area contributed by atoms with Crippen molar-refractivity contribution in [2.45, 2.75) is 6.42 Å². The van der Waals surface area contributed by atoms with Gasteiger partial charge in [0.2, 0.25) is 0 Å². The van der Waals surface area contributed by atoms with Gasteiger partial charge < -0.3 is 10.1 Å². The summed E-state index contributed by atoms with van der Waals surface area (Å²) in [6.45, 7) is 0.660. The largest absolute Gasteiger partial charge is 0.493 e. The summed E-state index contributed by atoms with van der Waals surface area (Å²) in [6.07, 6.45) is 2.00. The van der Waals surface area contributed by atoms with Crippen LogP contribution in [-0.4, -0.2) is 36.3 Å². The van der Waals surface area contributed by atoms with Crippen LogP contribution in [0.2, 0.25) is 0 Å². The number of aryl methyl sites for hydroxylation is 1. The Morgan fingerprint density at radius 1 is 1.71 bits per heavy atom. The first kappa shape index (κ1) is 10.7. The van der Waals surface area contributed by atoms with Gasteiger partial charge in [0.1, 0.15) is 5.69 Å². The molecule has 0 atom stereocenters. The van der Waals surface area contributed by atoms with E-state index in [1.807, 2.05) is 7.05 Å². The number of Topliss-reactive ketones (excluding diaryl/α,β-unsaturated/α-hetero) is 1. The molecular formula is C9H15N3O2. The van der Waals surface area contributed by atoms with Gasteiger partial charge in [-0.05, 0) is 7.05 Å². The van der Waals surface area contributed by atoms with Gasteiger partial charge in [0.05, 0.1) is 13.3 Å². The maximum Gasteiger partial charge on any atom is 0.185 e. The fourth-order valence-corrected chi connectivity index (χ4v) is 1.24. The van der Waals surface area contributed by atoms with Gasteiger partial charge in [-0.3, -0.25) is 9.48 Å². The molecule has 14 heavy (non-hydrogen) atoms. The number of methoxy groups -OCH3 is 1. The number of ketones is 1. The van der Waals surface area contributed by atoms with Gasteiger partial charge in [0, 0.05) is 20.0 Å².